The number of hydrogen-bond donors (Lipinski definition) is 1. The zero-order valence-corrected chi connectivity index (χ0v) is 18.9. The quantitative estimate of drug-likeness (QED) is 0.192. The predicted molar refractivity (Wildman–Crippen MR) is 123 cm³/mol. The topological polar surface area (TPSA) is 77.0 Å². The van der Waals surface area contributed by atoms with Crippen molar-refractivity contribution in [1.29, 1.82) is 0 Å². The molecule has 1 N–H and O–H groups in total. The molecule has 0 radical (unpaired) electrons. The van der Waals surface area contributed by atoms with Crippen LogP contribution in [0.3, 0.4) is 0 Å². The summed E-state index contributed by atoms with van der Waals surface area (Å²) in [7, 11) is 0. The number of hydrogen-bond acceptors (Lipinski definition) is 5. The van der Waals surface area contributed by atoms with Crippen LogP contribution in [0.2, 0.25) is 10.0 Å². The van der Waals surface area contributed by atoms with Crippen LogP contribution in [0.25, 0.3) is 0 Å². The van der Waals surface area contributed by atoms with E-state index in [0.717, 1.165) is 4.47 Å². The number of hydrazone groups is 1. The van der Waals surface area contributed by atoms with Crippen molar-refractivity contribution in [3.05, 3.63) is 92.4 Å². The second-order valence-corrected chi connectivity index (χ2v) is 7.83. The molecule has 1 amide bonds. The number of carbonyl (C=O) groups is 2. The number of carbonyl (C=O) groups excluding carboxylic acids is 2. The predicted octanol–water partition coefficient (Wildman–Crippen LogP) is 5.50. The fraction of sp³-hybridized carbons (Fsp3) is 0.0455. The maximum Gasteiger partial charge on any atom is 0.345 e. The minimum absolute atomic E-state index is 0.240. The molecule has 0 aliphatic rings. The minimum Gasteiger partial charge on any atom is -0.482 e. The lowest BCUT2D eigenvalue weighted by molar-refractivity contribution is -0.123. The zero-order valence-electron chi connectivity index (χ0n) is 15.8. The molecule has 0 fully saturated rings. The normalized spacial score (nSPS) is 10.7. The van der Waals surface area contributed by atoms with Gasteiger partial charge in [0, 0.05) is 4.47 Å². The van der Waals surface area contributed by atoms with Crippen LogP contribution in [0.1, 0.15) is 15.9 Å². The van der Waals surface area contributed by atoms with E-state index >= 15 is 0 Å². The summed E-state index contributed by atoms with van der Waals surface area (Å²) in [4.78, 5) is 24.0. The molecule has 31 heavy (non-hydrogen) atoms. The van der Waals surface area contributed by atoms with Gasteiger partial charge < -0.3 is 9.47 Å². The molecule has 0 unspecified atom stereocenters. The molecule has 158 valence electrons. The molecule has 0 saturated heterocycles. The molecule has 0 aliphatic heterocycles. The van der Waals surface area contributed by atoms with E-state index in [1.165, 1.54) is 6.21 Å². The fourth-order valence-electron chi connectivity index (χ4n) is 2.36. The molecule has 0 bridgehead atoms. The molecular weight excluding hydrogens is 507 g/mol. The number of halogens is 3. The number of ether oxygens (including phenoxy) is 2. The molecule has 0 aromatic heterocycles. The molecule has 6 nitrogen and oxygen atoms in total. The average Bonchev–Trinajstić information content (AvgIpc) is 2.74. The third-order valence-electron chi connectivity index (χ3n) is 3.84. The van der Waals surface area contributed by atoms with Crippen molar-refractivity contribution >= 4 is 57.2 Å². The Morgan fingerprint density at radius 1 is 1.00 bits per heavy atom. The highest BCUT2D eigenvalue weighted by atomic mass is 79.9. The Kier molecular flexibility index (Phi) is 8.06. The van der Waals surface area contributed by atoms with Gasteiger partial charge in [-0.1, -0.05) is 51.3 Å². The summed E-state index contributed by atoms with van der Waals surface area (Å²) in [6.07, 6.45) is 1.45. The summed E-state index contributed by atoms with van der Waals surface area (Å²) in [6, 6.07) is 18.3. The molecular formula is C22H15BrCl2N2O4. The summed E-state index contributed by atoms with van der Waals surface area (Å²) in [5, 5.41) is 4.58. The first-order chi connectivity index (χ1) is 14.9. The Balaban J connectivity index is 1.48. The van der Waals surface area contributed by atoms with E-state index in [1.54, 1.807) is 66.7 Å². The van der Waals surface area contributed by atoms with Crippen LogP contribution in [0.4, 0.5) is 0 Å². The van der Waals surface area contributed by atoms with Gasteiger partial charge in [0.25, 0.3) is 5.91 Å². The van der Waals surface area contributed by atoms with Gasteiger partial charge in [-0.05, 0) is 60.2 Å². The monoisotopic (exact) mass is 520 g/mol. The van der Waals surface area contributed by atoms with Gasteiger partial charge in [-0.3, -0.25) is 4.79 Å². The first-order valence-electron chi connectivity index (χ1n) is 8.89. The lowest BCUT2D eigenvalue weighted by atomic mass is 10.2. The van der Waals surface area contributed by atoms with Crippen LogP contribution in [0.5, 0.6) is 11.5 Å². The second-order valence-electron chi connectivity index (χ2n) is 6.09. The third kappa shape index (κ3) is 6.82. The summed E-state index contributed by atoms with van der Waals surface area (Å²) >= 11 is 15.3. The Morgan fingerprint density at radius 3 is 2.45 bits per heavy atom. The van der Waals surface area contributed by atoms with E-state index in [0.29, 0.717) is 27.1 Å². The van der Waals surface area contributed by atoms with Crippen molar-refractivity contribution in [2.45, 2.75) is 0 Å². The lowest BCUT2D eigenvalue weighted by Crippen LogP contribution is -2.24. The Hall–Kier alpha value is -2.87. The molecule has 0 aliphatic carbocycles. The van der Waals surface area contributed by atoms with E-state index in [9.17, 15) is 9.59 Å². The number of nitrogens with zero attached hydrogens (tertiary/aromatic N) is 1. The lowest BCUT2D eigenvalue weighted by Gasteiger charge is -2.07. The number of nitrogens with one attached hydrogen (secondary N) is 1. The molecule has 3 aromatic carbocycles. The van der Waals surface area contributed by atoms with Gasteiger partial charge in [0.05, 0.1) is 21.8 Å². The van der Waals surface area contributed by atoms with E-state index in [-0.39, 0.29) is 12.2 Å². The van der Waals surface area contributed by atoms with E-state index < -0.39 is 11.9 Å². The molecule has 3 rings (SSSR count). The zero-order chi connectivity index (χ0) is 22.2. The third-order valence-corrected chi connectivity index (χ3v) is 4.96. The van der Waals surface area contributed by atoms with Crippen molar-refractivity contribution in [1.82, 2.24) is 5.43 Å². The summed E-state index contributed by atoms with van der Waals surface area (Å²) in [5.41, 5.74) is 3.33. The number of benzene rings is 3. The molecule has 0 heterocycles. The average molecular weight is 522 g/mol. The van der Waals surface area contributed by atoms with Gasteiger partial charge in [-0.15, -0.1) is 0 Å². The van der Waals surface area contributed by atoms with Gasteiger partial charge in [-0.2, -0.15) is 5.10 Å². The summed E-state index contributed by atoms with van der Waals surface area (Å²) < 4.78 is 11.5. The molecule has 0 atom stereocenters. The van der Waals surface area contributed by atoms with Crippen LogP contribution in [-0.4, -0.2) is 24.7 Å². The molecule has 0 saturated carbocycles. The van der Waals surface area contributed by atoms with Gasteiger partial charge in [-0.25, -0.2) is 10.2 Å². The van der Waals surface area contributed by atoms with E-state index in [4.69, 9.17) is 32.7 Å². The molecule has 0 spiro atoms. The Labute approximate surface area is 196 Å². The second kappa shape index (κ2) is 10.9. The van der Waals surface area contributed by atoms with Crippen molar-refractivity contribution in [3.63, 3.8) is 0 Å². The maximum absolute atomic E-state index is 12.2. The molecule has 3 aromatic rings. The van der Waals surface area contributed by atoms with E-state index in [2.05, 4.69) is 26.5 Å². The van der Waals surface area contributed by atoms with Crippen molar-refractivity contribution in [2.75, 3.05) is 6.61 Å². The summed E-state index contributed by atoms with van der Waals surface area (Å²) in [6.45, 7) is -0.240. The Morgan fingerprint density at radius 2 is 1.74 bits per heavy atom. The van der Waals surface area contributed by atoms with Gasteiger partial charge in [0.2, 0.25) is 0 Å². The standard InChI is InChI=1S/C22H15BrCl2N2O4/c23-15-7-10-20(19(25)11-15)30-13-21(28)27-26-12-14-5-8-16(9-6-14)31-22(29)17-3-1-2-4-18(17)24/h1-12H,13H2,(H,27,28)/b26-12-. The van der Waals surface area contributed by atoms with Gasteiger partial charge in [0.15, 0.2) is 6.61 Å². The molecule has 9 heteroatoms. The number of amides is 1. The van der Waals surface area contributed by atoms with Gasteiger partial charge in [0.1, 0.15) is 11.5 Å². The van der Waals surface area contributed by atoms with Crippen LogP contribution in [-0.2, 0) is 4.79 Å². The van der Waals surface area contributed by atoms with Crippen molar-refractivity contribution < 1.29 is 19.1 Å². The van der Waals surface area contributed by atoms with E-state index in [1.807, 2.05) is 0 Å². The maximum atomic E-state index is 12.2. The largest absolute Gasteiger partial charge is 0.482 e. The fourth-order valence-corrected chi connectivity index (χ4v) is 3.30. The first-order valence-corrected chi connectivity index (χ1v) is 10.4. The highest BCUT2D eigenvalue weighted by Gasteiger charge is 2.12. The van der Waals surface area contributed by atoms with Crippen LogP contribution >= 0.6 is 39.1 Å². The van der Waals surface area contributed by atoms with Crippen LogP contribution < -0.4 is 14.9 Å². The van der Waals surface area contributed by atoms with Crippen molar-refractivity contribution in [2.24, 2.45) is 5.10 Å². The van der Waals surface area contributed by atoms with Crippen LogP contribution in [0, 0.1) is 0 Å². The summed E-state index contributed by atoms with van der Waals surface area (Å²) in [5.74, 6) is -0.248. The number of esters is 1. The minimum atomic E-state index is -0.551. The number of rotatable bonds is 7. The van der Waals surface area contributed by atoms with Gasteiger partial charge >= 0.3 is 5.97 Å². The highest BCUT2D eigenvalue weighted by Crippen LogP contribution is 2.27. The Bertz CT molecular complexity index is 1120. The first kappa shape index (κ1) is 22.8. The van der Waals surface area contributed by atoms with Crippen LogP contribution in [0.15, 0.2) is 76.3 Å². The van der Waals surface area contributed by atoms with Crippen molar-refractivity contribution in [3.8, 4) is 11.5 Å². The highest BCUT2D eigenvalue weighted by molar-refractivity contribution is 9.10. The smallest absolute Gasteiger partial charge is 0.345 e. The SMILES string of the molecule is O=C(COc1ccc(Br)cc1Cl)N/N=C\c1ccc(OC(=O)c2ccccc2Cl)cc1.